The number of hydrogen-bond acceptors (Lipinski definition) is 9. The average Bonchev–Trinajstić information content (AvgIpc) is 2.87. The van der Waals surface area contributed by atoms with Gasteiger partial charge in [-0.2, -0.15) is 5.26 Å². The second kappa shape index (κ2) is 9.85. The molecule has 1 heterocycles. The minimum absolute atomic E-state index is 0.00249. The molecule has 0 fully saturated rings. The van der Waals surface area contributed by atoms with E-state index in [9.17, 15) is 20.2 Å². The highest BCUT2D eigenvalue weighted by Crippen LogP contribution is 2.46. The van der Waals surface area contributed by atoms with Gasteiger partial charge in [-0.05, 0) is 18.2 Å². The number of non-ortho nitro benzene ring substituents is 1. The van der Waals surface area contributed by atoms with Crippen LogP contribution in [0, 0.1) is 21.4 Å². The number of nitro groups is 1. The maximum atomic E-state index is 12.7. The first-order valence-corrected chi connectivity index (χ1v) is 10.7. The molecule has 1 atom stereocenters. The Balaban J connectivity index is 1.72. The molecule has 1 aliphatic rings. The zero-order valence-electron chi connectivity index (χ0n) is 19.0. The molecule has 0 aromatic heterocycles. The maximum absolute atomic E-state index is 12.7. The van der Waals surface area contributed by atoms with Crippen LogP contribution in [0.1, 0.15) is 27.4 Å². The predicted molar refractivity (Wildman–Crippen MR) is 128 cm³/mol. The summed E-state index contributed by atoms with van der Waals surface area (Å²) in [6.45, 7) is 0. The number of fused-ring (bicyclic) bond motifs is 1. The fourth-order valence-electron chi connectivity index (χ4n) is 3.82. The molecule has 11 heteroatoms. The largest absolute Gasteiger partial charge is 0.497 e. The van der Waals surface area contributed by atoms with Crippen molar-refractivity contribution in [3.8, 4) is 29.1 Å². The van der Waals surface area contributed by atoms with Gasteiger partial charge in [0.1, 0.15) is 34.6 Å². The molecule has 0 amide bonds. The highest BCUT2D eigenvalue weighted by molar-refractivity contribution is 6.33. The second-order valence-electron chi connectivity index (χ2n) is 7.54. The van der Waals surface area contributed by atoms with Gasteiger partial charge in [-0.25, -0.2) is 4.79 Å². The number of benzene rings is 3. The number of ether oxygens (including phenoxy) is 4. The van der Waals surface area contributed by atoms with E-state index in [1.54, 1.807) is 24.3 Å². The van der Waals surface area contributed by atoms with Crippen LogP contribution in [0.25, 0.3) is 0 Å². The van der Waals surface area contributed by atoms with E-state index in [-0.39, 0.29) is 39.2 Å². The van der Waals surface area contributed by atoms with E-state index in [1.165, 1.54) is 38.5 Å². The van der Waals surface area contributed by atoms with Gasteiger partial charge in [0.05, 0.1) is 35.6 Å². The number of nitriles is 1. The van der Waals surface area contributed by atoms with Crippen LogP contribution in [0.2, 0.25) is 5.02 Å². The van der Waals surface area contributed by atoms with Gasteiger partial charge in [-0.3, -0.25) is 10.1 Å². The van der Waals surface area contributed by atoms with E-state index < -0.39 is 16.8 Å². The third-order valence-corrected chi connectivity index (χ3v) is 5.86. The molecule has 0 spiro atoms. The van der Waals surface area contributed by atoms with Crippen molar-refractivity contribution in [2.75, 3.05) is 14.2 Å². The molecule has 2 N–H and O–H groups in total. The first-order valence-electron chi connectivity index (χ1n) is 10.4. The van der Waals surface area contributed by atoms with Gasteiger partial charge < -0.3 is 24.7 Å². The highest BCUT2D eigenvalue weighted by Gasteiger charge is 2.33. The number of hydrogen-bond donors (Lipinski definition) is 1. The van der Waals surface area contributed by atoms with Crippen molar-refractivity contribution in [3.63, 3.8) is 0 Å². The number of nitrogens with zero attached hydrogens (tertiary/aromatic N) is 2. The topological polar surface area (TPSA) is 147 Å². The van der Waals surface area contributed by atoms with Crippen LogP contribution in [0.5, 0.6) is 23.0 Å². The quantitative estimate of drug-likeness (QED) is 0.217. The van der Waals surface area contributed by atoms with Crippen molar-refractivity contribution in [3.05, 3.63) is 97.9 Å². The number of allylic oxidation sites excluding steroid dienone is 1. The Hall–Kier alpha value is -4.75. The first-order chi connectivity index (χ1) is 17.3. The van der Waals surface area contributed by atoms with Gasteiger partial charge >= 0.3 is 5.97 Å². The van der Waals surface area contributed by atoms with Gasteiger partial charge in [-0.1, -0.05) is 23.7 Å². The predicted octanol–water partition coefficient (Wildman–Crippen LogP) is 4.70. The molecule has 0 saturated heterocycles. The Kier molecular flexibility index (Phi) is 6.67. The summed E-state index contributed by atoms with van der Waals surface area (Å²) in [6, 6.07) is 15.3. The van der Waals surface area contributed by atoms with Gasteiger partial charge in [0.2, 0.25) is 5.88 Å². The Morgan fingerprint density at radius 2 is 1.81 bits per heavy atom. The van der Waals surface area contributed by atoms with Gasteiger partial charge in [0.15, 0.2) is 0 Å². The standard InChI is InChI=1S/C25H18ClN3O7/c1-33-14-4-6-16(21(10-14)34-2)23-17-7-5-15(11-22(17)36-24(28)19(23)12-27)35-25(30)18-9-13(29(31)32)3-8-20(18)26/h3-11,23H,28H2,1-2H3. The number of esters is 1. The van der Waals surface area contributed by atoms with Gasteiger partial charge in [-0.15, -0.1) is 0 Å². The third kappa shape index (κ3) is 4.47. The molecule has 0 radical (unpaired) electrons. The minimum atomic E-state index is -0.894. The average molecular weight is 508 g/mol. The lowest BCUT2D eigenvalue weighted by Gasteiger charge is -2.27. The smallest absolute Gasteiger partial charge is 0.345 e. The fourth-order valence-corrected chi connectivity index (χ4v) is 4.02. The van der Waals surface area contributed by atoms with Crippen molar-refractivity contribution < 1.29 is 28.7 Å². The zero-order chi connectivity index (χ0) is 26.0. The van der Waals surface area contributed by atoms with E-state index in [4.69, 9.17) is 36.3 Å². The molecule has 1 unspecified atom stereocenters. The van der Waals surface area contributed by atoms with Crippen LogP contribution in [-0.2, 0) is 0 Å². The summed E-state index contributed by atoms with van der Waals surface area (Å²) < 4.78 is 21.9. The summed E-state index contributed by atoms with van der Waals surface area (Å²) in [6.07, 6.45) is 0. The lowest BCUT2D eigenvalue weighted by atomic mass is 9.83. The van der Waals surface area contributed by atoms with E-state index in [1.807, 2.05) is 0 Å². The van der Waals surface area contributed by atoms with Crippen LogP contribution in [0.3, 0.4) is 0 Å². The molecule has 10 nitrogen and oxygen atoms in total. The second-order valence-corrected chi connectivity index (χ2v) is 7.95. The lowest BCUT2D eigenvalue weighted by Crippen LogP contribution is -2.21. The minimum Gasteiger partial charge on any atom is -0.497 e. The number of carbonyl (C=O) groups excluding carboxylic acids is 1. The molecule has 4 rings (SSSR count). The molecule has 3 aromatic carbocycles. The van der Waals surface area contributed by atoms with Crippen molar-refractivity contribution in [2.24, 2.45) is 5.73 Å². The number of halogens is 1. The number of nitrogens with two attached hydrogens (primary N) is 1. The van der Waals surface area contributed by atoms with Crippen LogP contribution in [-0.4, -0.2) is 25.1 Å². The Morgan fingerprint density at radius 1 is 1.08 bits per heavy atom. The van der Waals surface area contributed by atoms with E-state index >= 15 is 0 Å². The van der Waals surface area contributed by atoms with E-state index in [0.717, 1.165) is 6.07 Å². The number of methoxy groups -OCH3 is 2. The van der Waals surface area contributed by atoms with Crippen molar-refractivity contribution in [1.29, 1.82) is 5.26 Å². The SMILES string of the molecule is COc1ccc(C2C(C#N)=C(N)Oc3cc(OC(=O)c4cc([N+](=O)[O-])ccc4Cl)ccc32)c(OC)c1. The first kappa shape index (κ1) is 24.4. The summed E-state index contributed by atoms with van der Waals surface area (Å²) in [5.74, 6) is -0.258. The highest BCUT2D eigenvalue weighted by atomic mass is 35.5. The molecule has 0 aliphatic carbocycles. The zero-order valence-corrected chi connectivity index (χ0v) is 19.7. The molecule has 36 heavy (non-hydrogen) atoms. The summed E-state index contributed by atoms with van der Waals surface area (Å²) >= 11 is 6.04. The maximum Gasteiger partial charge on any atom is 0.345 e. The van der Waals surface area contributed by atoms with Crippen LogP contribution >= 0.6 is 11.6 Å². The summed E-state index contributed by atoms with van der Waals surface area (Å²) in [5, 5.41) is 20.9. The summed E-state index contributed by atoms with van der Waals surface area (Å²) in [5.41, 5.74) is 7.00. The normalized spacial score (nSPS) is 14.2. The molecule has 0 saturated carbocycles. The molecule has 182 valence electrons. The Bertz CT molecular complexity index is 1460. The molecular weight excluding hydrogens is 490 g/mol. The molecule has 0 bridgehead atoms. The van der Waals surface area contributed by atoms with Crippen molar-refractivity contribution in [2.45, 2.75) is 5.92 Å². The molecule has 3 aromatic rings. The number of rotatable bonds is 6. The number of nitro benzene ring substituents is 1. The summed E-state index contributed by atoms with van der Waals surface area (Å²) in [4.78, 5) is 23.1. The van der Waals surface area contributed by atoms with Gasteiger partial charge in [0, 0.05) is 35.4 Å². The van der Waals surface area contributed by atoms with Crippen LogP contribution in [0.15, 0.2) is 66.1 Å². The third-order valence-electron chi connectivity index (χ3n) is 5.53. The molecular formula is C25H18ClN3O7. The van der Waals surface area contributed by atoms with Crippen molar-refractivity contribution in [1.82, 2.24) is 0 Å². The summed E-state index contributed by atoms with van der Waals surface area (Å²) in [7, 11) is 3.03. The van der Waals surface area contributed by atoms with Crippen LogP contribution < -0.4 is 24.7 Å². The fraction of sp³-hybridized carbons (Fsp3) is 0.120. The monoisotopic (exact) mass is 507 g/mol. The lowest BCUT2D eigenvalue weighted by molar-refractivity contribution is -0.384. The Labute approximate surface area is 210 Å². The number of carbonyl (C=O) groups is 1. The molecule has 1 aliphatic heterocycles. The Morgan fingerprint density at radius 3 is 2.47 bits per heavy atom. The van der Waals surface area contributed by atoms with E-state index in [0.29, 0.717) is 22.6 Å². The van der Waals surface area contributed by atoms with E-state index in [2.05, 4.69) is 6.07 Å². The van der Waals surface area contributed by atoms with Crippen molar-refractivity contribution >= 4 is 23.3 Å². The van der Waals surface area contributed by atoms with Crippen LogP contribution in [0.4, 0.5) is 5.69 Å². The van der Waals surface area contributed by atoms with Gasteiger partial charge in [0.25, 0.3) is 5.69 Å².